The van der Waals surface area contributed by atoms with E-state index in [-0.39, 0.29) is 11.5 Å². The van der Waals surface area contributed by atoms with Gasteiger partial charge >= 0.3 is 0 Å². The molecule has 0 N–H and O–H groups in total. The van der Waals surface area contributed by atoms with E-state index < -0.39 is 0 Å². The van der Waals surface area contributed by atoms with Gasteiger partial charge in [0.25, 0.3) is 11.5 Å². The number of hydrogen-bond donors (Lipinski definition) is 0. The fourth-order valence-electron chi connectivity index (χ4n) is 5.38. The molecule has 38 heavy (non-hydrogen) atoms. The van der Waals surface area contributed by atoms with Crippen molar-refractivity contribution in [2.45, 2.75) is 6.92 Å². The van der Waals surface area contributed by atoms with Gasteiger partial charge in [-0.2, -0.15) is 9.78 Å². The molecule has 0 unspecified atom stereocenters. The summed E-state index contributed by atoms with van der Waals surface area (Å²) in [7, 11) is 3.54. The first-order chi connectivity index (χ1) is 18.5. The van der Waals surface area contributed by atoms with Crippen molar-refractivity contribution in [3.8, 4) is 11.4 Å². The van der Waals surface area contributed by atoms with E-state index in [1.165, 1.54) is 4.68 Å². The molecule has 1 aliphatic heterocycles. The van der Waals surface area contributed by atoms with Gasteiger partial charge in [-0.1, -0.05) is 48.0 Å². The zero-order chi connectivity index (χ0) is 26.4. The molecule has 1 aliphatic rings. The van der Waals surface area contributed by atoms with Crippen LogP contribution < -0.4 is 15.2 Å². The summed E-state index contributed by atoms with van der Waals surface area (Å²) < 4.78 is 8.77. The third kappa shape index (κ3) is 3.80. The largest absolute Gasteiger partial charge is 0.495 e. The number of aromatic nitrogens is 3. The van der Waals surface area contributed by atoms with Gasteiger partial charge in [0, 0.05) is 49.5 Å². The minimum Gasteiger partial charge on any atom is -0.495 e. The number of hydrogen-bond acceptors (Lipinski definition) is 5. The monoisotopic (exact) mass is 507 g/mol. The fourth-order valence-corrected chi connectivity index (χ4v) is 5.38. The van der Waals surface area contributed by atoms with Gasteiger partial charge < -0.3 is 19.1 Å². The molecular weight excluding hydrogens is 478 g/mol. The molecule has 0 spiro atoms. The van der Waals surface area contributed by atoms with Crippen molar-refractivity contribution in [3.63, 3.8) is 0 Å². The molecule has 0 saturated carbocycles. The third-order valence-electron chi connectivity index (χ3n) is 7.41. The number of piperazine rings is 1. The molecule has 6 rings (SSSR count). The van der Waals surface area contributed by atoms with E-state index in [4.69, 9.17) is 9.84 Å². The number of amides is 1. The average Bonchev–Trinajstić information content (AvgIpc) is 3.26. The van der Waals surface area contributed by atoms with Gasteiger partial charge in [0.2, 0.25) is 0 Å². The summed E-state index contributed by atoms with van der Waals surface area (Å²) in [4.78, 5) is 31.9. The molecular formula is C30H29N5O3. The third-order valence-corrected chi connectivity index (χ3v) is 7.41. The lowest BCUT2D eigenvalue weighted by molar-refractivity contribution is 0.0741. The van der Waals surface area contributed by atoms with Crippen LogP contribution in [-0.2, 0) is 7.05 Å². The van der Waals surface area contributed by atoms with Crippen molar-refractivity contribution >= 4 is 33.4 Å². The van der Waals surface area contributed by atoms with E-state index in [0.717, 1.165) is 27.9 Å². The highest BCUT2D eigenvalue weighted by molar-refractivity contribution is 6.16. The predicted octanol–water partition coefficient (Wildman–Crippen LogP) is 4.16. The van der Waals surface area contributed by atoms with E-state index >= 15 is 0 Å². The first-order valence-electron chi connectivity index (χ1n) is 12.7. The van der Waals surface area contributed by atoms with Gasteiger partial charge in [-0.15, -0.1) is 0 Å². The van der Waals surface area contributed by atoms with Crippen LogP contribution in [0.4, 0.5) is 5.69 Å². The van der Waals surface area contributed by atoms with Gasteiger partial charge in [-0.3, -0.25) is 9.59 Å². The Labute approximate surface area is 220 Å². The Morgan fingerprint density at radius 2 is 1.58 bits per heavy atom. The second-order valence-corrected chi connectivity index (χ2v) is 9.65. The van der Waals surface area contributed by atoms with E-state index in [2.05, 4.69) is 4.90 Å². The molecule has 8 nitrogen and oxygen atoms in total. The first-order valence-corrected chi connectivity index (χ1v) is 12.7. The number of carbonyl (C=O) groups excluding carboxylic acids is 1. The number of carbonyl (C=O) groups is 1. The maximum absolute atomic E-state index is 14.1. The quantitative estimate of drug-likeness (QED) is 0.365. The predicted molar refractivity (Wildman–Crippen MR) is 150 cm³/mol. The fraction of sp³-hybridized carbons (Fsp3) is 0.233. The molecule has 8 heteroatoms. The standard InChI is InChI=1S/C30H29N5O3/c1-20-12-14-21(15-13-20)35-30(37)28-26(22-8-4-5-9-23(22)32(28)2)27(31-35)29(36)34-18-16-33(17-19-34)24-10-6-7-11-25(24)38-3/h4-15H,16-19H2,1-3H3. The van der Waals surface area contributed by atoms with Gasteiger partial charge in [0.1, 0.15) is 11.3 Å². The average molecular weight is 508 g/mol. The van der Waals surface area contributed by atoms with Crippen LogP contribution in [0.2, 0.25) is 0 Å². The summed E-state index contributed by atoms with van der Waals surface area (Å²) in [5.41, 5.74) is 4.13. The molecule has 192 valence electrons. The lowest BCUT2D eigenvalue weighted by Crippen LogP contribution is -2.49. The van der Waals surface area contributed by atoms with E-state index in [1.807, 2.05) is 96.2 Å². The van der Waals surface area contributed by atoms with E-state index in [1.54, 1.807) is 7.11 Å². The van der Waals surface area contributed by atoms with Crippen LogP contribution in [0.3, 0.4) is 0 Å². The van der Waals surface area contributed by atoms with Crippen LogP contribution in [0.5, 0.6) is 5.75 Å². The molecule has 0 bridgehead atoms. The number of aryl methyl sites for hydroxylation is 2. The van der Waals surface area contributed by atoms with Crippen LogP contribution in [0.1, 0.15) is 16.1 Å². The van der Waals surface area contributed by atoms with Crippen LogP contribution in [0.25, 0.3) is 27.5 Å². The topological polar surface area (TPSA) is 72.6 Å². The Morgan fingerprint density at radius 1 is 0.895 bits per heavy atom. The molecule has 0 radical (unpaired) electrons. The van der Waals surface area contributed by atoms with E-state index in [0.29, 0.717) is 48.5 Å². The van der Waals surface area contributed by atoms with Crippen LogP contribution in [-0.4, -0.2) is 58.4 Å². The van der Waals surface area contributed by atoms with Crippen molar-refractivity contribution < 1.29 is 9.53 Å². The highest BCUT2D eigenvalue weighted by atomic mass is 16.5. The second kappa shape index (κ2) is 9.37. The Bertz CT molecular complexity index is 1730. The second-order valence-electron chi connectivity index (χ2n) is 9.65. The highest BCUT2D eigenvalue weighted by Crippen LogP contribution is 2.31. The van der Waals surface area contributed by atoms with Crippen LogP contribution in [0, 0.1) is 6.92 Å². The molecule has 5 aromatic rings. The van der Waals surface area contributed by atoms with Gasteiger partial charge in [-0.05, 0) is 37.3 Å². The van der Waals surface area contributed by atoms with Gasteiger partial charge in [0.05, 0.1) is 18.5 Å². The Kier molecular flexibility index (Phi) is 5.87. The summed E-state index contributed by atoms with van der Waals surface area (Å²) in [6.45, 7) is 4.40. The smallest absolute Gasteiger partial charge is 0.296 e. The summed E-state index contributed by atoms with van der Waals surface area (Å²) in [6, 6.07) is 23.3. The number of nitrogens with zero attached hydrogens (tertiary/aromatic N) is 5. The molecule has 0 aliphatic carbocycles. The van der Waals surface area contributed by atoms with Crippen LogP contribution in [0.15, 0.2) is 77.6 Å². The number of anilines is 1. The number of para-hydroxylation sites is 3. The molecule has 3 aromatic carbocycles. The van der Waals surface area contributed by atoms with E-state index in [9.17, 15) is 9.59 Å². The SMILES string of the molecule is COc1ccccc1N1CCN(C(=O)c2nn(-c3ccc(C)cc3)c(=O)c3c2c2ccccc2n3C)CC1. The number of methoxy groups -OCH3 is 1. The molecule has 3 heterocycles. The Morgan fingerprint density at radius 3 is 2.32 bits per heavy atom. The molecule has 1 saturated heterocycles. The van der Waals surface area contributed by atoms with Gasteiger partial charge in [0.15, 0.2) is 5.69 Å². The lowest BCUT2D eigenvalue weighted by atomic mass is 10.1. The molecule has 1 fully saturated rings. The minimum atomic E-state index is -0.250. The first kappa shape index (κ1) is 23.8. The van der Waals surface area contributed by atoms with Crippen LogP contribution >= 0.6 is 0 Å². The number of fused-ring (bicyclic) bond motifs is 3. The molecule has 1 amide bonds. The van der Waals surface area contributed by atoms with Crippen molar-refractivity contribution in [2.24, 2.45) is 7.05 Å². The Hall–Kier alpha value is -4.59. The molecule has 2 aromatic heterocycles. The number of benzene rings is 3. The van der Waals surface area contributed by atoms with Crippen molar-refractivity contribution in [1.29, 1.82) is 0 Å². The summed E-state index contributed by atoms with van der Waals surface area (Å²) in [5.74, 6) is 0.642. The lowest BCUT2D eigenvalue weighted by Gasteiger charge is -2.36. The normalized spacial score (nSPS) is 13.9. The zero-order valence-electron chi connectivity index (χ0n) is 21.7. The number of ether oxygens (including phenoxy) is 1. The zero-order valence-corrected chi connectivity index (χ0v) is 21.7. The minimum absolute atomic E-state index is 0.174. The van der Waals surface area contributed by atoms with Gasteiger partial charge in [-0.25, -0.2) is 0 Å². The number of rotatable bonds is 4. The summed E-state index contributed by atoms with van der Waals surface area (Å²) >= 11 is 0. The maximum atomic E-state index is 14.1. The maximum Gasteiger partial charge on any atom is 0.296 e. The highest BCUT2D eigenvalue weighted by Gasteiger charge is 2.29. The summed E-state index contributed by atoms with van der Waals surface area (Å²) in [5, 5.41) is 6.16. The van der Waals surface area contributed by atoms with Crippen molar-refractivity contribution in [3.05, 3.63) is 94.4 Å². The Balaban J connectivity index is 1.44. The van der Waals surface area contributed by atoms with Crippen molar-refractivity contribution in [2.75, 3.05) is 38.2 Å². The summed E-state index contributed by atoms with van der Waals surface area (Å²) in [6.07, 6.45) is 0. The molecule has 0 atom stereocenters. The van der Waals surface area contributed by atoms with Crippen molar-refractivity contribution in [1.82, 2.24) is 19.2 Å².